The molecule has 0 atom stereocenters. The Bertz CT molecular complexity index is 519. The summed E-state index contributed by atoms with van der Waals surface area (Å²) in [6.07, 6.45) is 2.31. The van der Waals surface area contributed by atoms with Crippen molar-refractivity contribution in [1.82, 2.24) is 15.0 Å². The van der Waals surface area contributed by atoms with E-state index in [0.717, 1.165) is 17.1 Å². The van der Waals surface area contributed by atoms with Crippen LogP contribution in [-0.2, 0) is 6.42 Å². The van der Waals surface area contributed by atoms with Gasteiger partial charge in [-0.25, -0.2) is 13.5 Å². The molecule has 0 saturated carbocycles. The van der Waals surface area contributed by atoms with Crippen LogP contribution in [0, 0.1) is 11.6 Å². The van der Waals surface area contributed by atoms with E-state index in [1.54, 1.807) is 6.20 Å². The quantitative estimate of drug-likeness (QED) is 0.781. The summed E-state index contributed by atoms with van der Waals surface area (Å²) in [5.41, 5.74) is 0.886. The summed E-state index contributed by atoms with van der Waals surface area (Å²) in [6.45, 7) is 0. The molecule has 3 nitrogen and oxygen atoms in total. The number of nitrogens with zero attached hydrogens (tertiary/aromatic N) is 3. The second-order valence-corrected chi connectivity index (χ2v) is 4.96. The van der Waals surface area contributed by atoms with Crippen LogP contribution < -0.4 is 0 Å². The third-order valence-corrected chi connectivity index (χ3v) is 3.10. The molecule has 0 aliphatic rings. The Balaban J connectivity index is 2.45. The third kappa shape index (κ3) is 2.71. The molecule has 90 valence electrons. The molecule has 0 radical (unpaired) electrons. The molecule has 2 rings (SSSR count). The number of halogens is 4. The van der Waals surface area contributed by atoms with Crippen molar-refractivity contribution in [3.05, 3.63) is 40.1 Å². The molecule has 0 bridgehead atoms. The zero-order chi connectivity index (χ0) is 12.4. The highest BCUT2D eigenvalue weighted by atomic mass is 79.9. The molecular weight excluding hydrogens is 360 g/mol. The number of aryl methyl sites for hydroxylation is 1. The Morgan fingerprint density at radius 3 is 2.71 bits per heavy atom. The number of hydrogen-bond donors (Lipinski definition) is 0. The highest BCUT2D eigenvalue weighted by Crippen LogP contribution is 2.24. The van der Waals surface area contributed by atoms with Gasteiger partial charge in [0.05, 0.1) is 11.9 Å². The summed E-state index contributed by atoms with van der Waals surface area (Å²) < 4.78 is 28.1. The van der Waals surface area contributed by atoms with Gasteiger partial charge in [-0.05, 0) is 22.0 Å². The smallest absolute Gasteiger partial charge is 0.152 e. The van der Waals surface area contributed by atoms with E-state index in [2.05, 4.69) is 42.2 Å². The lowest BCUT2D eigenvalue weighted by molar-refractivity contribution is 0.570. The number of rotatable bonds is 3. The van der Waals surface area contributed by atoms with Gasteiger partial charge in [0.25, 0.3) is 0 Å². The molecule has 7 heteroatoms. The maximum Gasteiger partial charge on any atom is 0.152 e. The topological polar surface area (TPSA) is 30.7 Å². The third-order valence-electron chi connectivity index (χ3n) is 2.10. The fourth-order valence-electron chi connectivity index (χ4n) is 1.37. The number of hydrogen-bond acceptors (Lipinski definition) is 2. The highest BCUT2D eigenvalue weighted by Gasteiger charge is 2.13. The predicted molar refractivity (Wildman–Crippen MR) is 66.5 cm³/mol. The van der Waals surface area contributed by atoms with Crippen molar-refractivity contribution in [2.24, 2.45) is 0 Å². The molecule has 1 aromatic carbocycles. The molecule has 0 fully saturated rings. The van der Waals surface area contributed by atoms with Crippen LogP contribution in [-0.4, -0.2) is 20.3 Å². The van der Waals surface area contributed by atoms with Crippen LogP contribution in [0.25, 0.3) is 5.69 Å². The molecule has 0 aliphatic carbocycles. The molecule has 1 aromatic heterocycles. The first-order valence-corrected chi connectivity index (χ1v) is 6.65. The molecular formula is C10H7Br2F2N3. The zero-order valence-electron chi connectivity index (χ0n) is 8.50. The Labute approximate surface area is 113 Å². The van der Waals surface area contributed by atoms with Gasteiger partial charge in [-0.1, -0.05) is 21.1 Å². The van der Waals surface area contributed by atoms with Crippen LogP contribution in [0.3, 0.4) is 0 Å². The maximum atomic E-state index is 13.6. The average Bonchev–Trinajstić information content (AvgIpc) is 2.65. The van der Waals surface area contributed by atoms with E-state index in [1.807, 2.05) is 0 Å². The summed E-state index contributed by atoms with van der Waals surface area (Å²) in [6, 6.07) is 2.00. The summed E-state index contributed by atoms with van der Waals surface area (Å²) in [5.74, 6) is -1.33. The first-order valence-electron chi connectivity index (χ1n) is 4.74. The second-order valence-electron chi connectivity index (χ2n) is 3.31. The molecule has 2 aromatic rings. The Kier molecular flexibility index (Phi) is 3.88. The second kappa shape index (κ2) is 5.22. The number of benzene rings is 1. The van der Waals surface area contributed by atoms with Crippen molar-refractivity contribution < 1.29 is 8.78 Å². The van der Waals surface area contributed by atoms with Gasteiger partial charge in [0, 0.05) is 22.3 Å². The van der Waals surface area contributed by atoms with Crippen LogP contribution >= 0.6 is 31.9 Å². The lowest BCUT2D eigenvalue weighted by atomic mass is 10.3. The van der Waals surface area contributed by atoms with Gasteiger partial charge in [0.1, 0.15) is 11.5 Å². The molecule has 0 N–H and O–H groups in total. The summed E-state index contributed by atoms with van der Waals surface area (Å²) >= 11 is 6.39. The van der Waals surface area contributed by atoms with Crippen molar-refractivity contribution in [1.29, 1.82) is 0 Å². The van der Waals surface area contributed by atoms with E-state index in [4.69, 9.17) is 0 Å². The SMILES string of the molecule is Fc1cc(F)c(-n2cc(CCBr)nn2)c(Br)c1. The normalized spacial score (nSPS) is 10.8. The van der Waals surface area contributed by atoms with Crippen molar-refractivity contribution >= 4 is 31.9 Å². The molecule has 17 heavy (non-hydrogen) atoms. The minimum Gasteiger partial charge on any atom is -0.216 e. The van der Waals surface area contributed by atoms with Gasteiger partial charge in [-0.15, -0.1) is 5.10 Å². The lowest BCUT2D eigenvalue weighted by Gasteiger charge is -2.04. The van der Waals surface area contributed by atoms with Gasteiger partial charge in [-0.3, -0.25) is 0 Å². The molecule has 0 saturated heterocycles. The van der Waals surface area contributed by atoms with E-state index in [0.29, 0.717) is 10.9 Å². The maximum absolute atomic E-state index is 13.6. The standard InChI is InChI=1S/C10H7Br2F2N3/c11-2-1-7-5-17(16-15-7)10-8(12)3-6(13)4-9(10)14/h3-5H,1-2H2. The predicted octanol–water partition coefficient (Wildman–Crippen LogP) is 3.25. The lowest BCUT2D eigenvalue weighted by Crippen LogP contribution is -2.01. The van der Waals surface area contributed by atoms with Crippen molar-refractivity contribution in [2.45, 2.75) is 6.42 Å². The van der Waals surface area contributed by atoms with Gasteiger partial charge in [0.15, 0.2) is 5.82 Å². The molecule has 1 heterocycles. The Morgan fingerprint density at radius 2 is 2.06 bits per heavy atom. The first kappa shape index (κ1) is 12.6. The average molecular weight is 367 g/mol. The Morgan fingerprint density at radius 1 is 1.29 bits per heavy atom. The minimum absolute atomic E-state index is 0.153. The summed E-state index contributed by atoms with van der Waals surface area (Å²) in [7, 11) is 0. The first-order chi connectivity index (χ1) is 8.11. The Hall–Kier alpha value is -0.820. The van der Waals surface area contributed by atoms with E-state index >= 15 is 0 Å². The molecule has 0 aliphatic heterocycles. The van der Waals surface area contributed by atoms with Crippen LogP contribution in [0.2, 0.25) is 0 Å². The van der Waals surface area contributed by atoms with E-state index in [9.17, 15) is 8.78 Å². The number of aromatic nitrogens is 3. The van der Waals surface area contributed by atoms with Crippen molar-refractivity contribution in [2.75, 3.05) is 5.33 Å². The number of alkyl halides is 1. The highest BCUT2D eigenvalue weighted by molar-refractivity contribution is 9.10. The monoisotopic (exact) mass is 365 g/mol. The summed E-state index contributed by atoms with van der Waals surface area (Å²) in [4.78, 5) is 0. The summed E-state index contributed by atoms with van der Waals surface area (Å²) in [5, 5.41) is 8.45. The molecule has 0 spiro atoms. The van der Waals surface area contributed by atoms with E-state index in [-0.39, 0.29) is 5.69 Å². The van der Waals surface area contributed by atoms with Gasteiger partial charge >= 0.3 is 0 Å². The largest absolute Gasteiger partial charge is 0.216 e. The minimum atomic E-state index is -0.688. The van der Waals surface area contributed by atoms with Gasteiger partial charge < -0.3 is 0 Å². The van der Waals surface area contributed by atoms with E-state index in [1.165, 1.54) is 10.7 Å². The van der Waals surface area contributed by atoms with Crippen molar-refractivity contribution in [3.8, 4) is 5.69 Å². The molecule has 0 amide bonds. The fraction of sp³-hybridized carbons (Fsp3) is 0.200. The zero-order valence-corrected chi connectivity index (χ0v) is 11.7. The van der Waals surface area contributed by atoms with Crippen LogP contribution in [0.4, 0.5) is 8.78 Å². The van der Waals surface area contributed by atoms with E-state index < -0.39 is 11.6 Å². The van der Waals surface area contributed by atoms with Crippen molar-refractivity contribution in [3.63, 3.8) is 0 Å². The van der Waals surface area contributed by atoms with Crippen LogP contribution in [0.5, 0.6) is 0 Å². The fourth-order valence-corrected chi connectivity index (χ4v) is 2.37. The van der Waals surface area contributed by atoms with Gasteiger partial charge in [-0.2, -0.15) is 0 Å². The molecule has 0 unspecified atom stereocenters. The van der Waals surface area contributed by atoms with Crippen LogP contribution in [0.1, 0.15) is 5.69 Å². The van der Waals surface area contributed by atoms with Gasteiger partial charge in [0.2, 0.25) is 0 Å². The van der Waals surface area contributed by atoms with Crippen LogP contribution in [0.15, 0.2) is 22.8 Å².